The molecule has 0 amide bonds. The van der Waals surface area contributed by atoms with Crippen LogP contribution in [0.15, 0.2) is 30.3 Å². The van der Waals surface area contributed by atoms with Crippen molar-refractivity contribution in [2.75, 3.05) is 6.54 Å². The number of benzene rings is 1. The highest BCUT2D eigenvalue weighted by atomic mass is 32.1. The third-order valence-electron chi connectivity index (χ3n) is 2.75. The lowest BCUT2D eigenvalue weighted by molar-refractivity contribution is -0.137. The Balaban J connectivity index is 1.83. The molecule has 1 aliphatic heterocycles. The van der Waals surface area contributed by atoms with Gasteiger partial charge in [-0.1, -0.05) is 30.3 Å². The van der Waals surface area contributed by atoms with Crippen LogP contribution in [0.2, 0.25) is 0 Å². The Labute approximate surface area is 106 Å². The molecular weight excluding hydrogens is 234 g/mol. The molecule has 1 aromatic rings. The Hall–Kier alpha value is -1.26. The van der Waals surface area contributed by atoms with Crippen LogP contribution in [0.3, 0.4) is 0 Å². The first-order chi connectivity index (χ1) is 8.25. The second kappa shape index (κ2) is 5.89. The van der Waals surface area contributed by atoms with Gasteiger partial charge in [-0.25, -0.2) is 4.79 Å². The van der Waals surface area contributed by atoms with Gasteiger partial charge in [-0.2, -0.15) is 0 Å². The summed E-state index contributed by atoms with van der Waals surface area (Å²) >= 11 is 5.08. The molecule has 4 heteroatoms. The monoisotopic (exact) mass is 249 g/mol. The predicted molar refractivity (Wildman–Crippen MR) is 69.9 cm³/mol. The van der Waals surface area contributed by atoms with E-state index in [1.165, 1.54) is 0 Å². The van der Waals surface area contributed by atoms with E-state index in [-0.39, 0.29) is 12.0 Å². The van der Waals surface area contributed by atoms with Gasteiger partial charge in [0.1, 0.15) is 6.04 Å². The maximum Gasteiger partial charge on any atom is 0.329 e. The zero-order valence-corrected chi connectivity index (χ0v) is 10.3. The maximum absolute atomic E-state index is 11.7. The SMILES string of the molecule is O=C(OC(=S)Cc1ccccc1)[C@@H]1CCCN1. The van der Waals surface area contributed by atoms with E-state index in [0.29, 0.717) is 11.5 Å². The molecule has 3 nitrogen and oxygen atoms in total. The van der Waals surface area contributed by atoms with Gasteiger partial charge in [0, 0.05) is 6.42 Å². The smallest absolute Gasteiger partial charge is 0.329 e. The van der Waals surface area contributed by atoms with E-state index in [0.717, 1.165) is 24.9 Å². The zero-order valence-electron chi connectivity index (χ0n) is 9.52. The van der Waals surface area contributed by atoms with E-state index in [2.05, 4.69) is 5.32 Å². The highest BCUT2D eigenvalue weighted by molar-refractivity contribution is 7.80. The van der Waals surface area contributed by atoms with E-state index in [4.69, 9.17) is 17.0 Å². The number of thiocarbonyl (C=S) groups is 1. The zero-order chi connectivity index (χ0) is 12.1. The minimum atomic E-state index is -0.247. The highest BCUT2D eigenvalue weighted by Crippen LogP contribution is 2.08. The number of nitrogens with one attached hydrogen (secondary N) is 1. The van der Waals surface area contributed by atoms with Crippen molar-refractivity contribution < 1.29 is 9.53 Å². The molecule has 0 unspecified atom stereocenters. The average molecular weight is 249 g/mol. The number of rotatable bonds is 3. The van der Waals surface area contributed by atoms with Crippen LogP contribution in [0.4, 0.5) is 0 Å². The minimum absolute atomic E-state index is 0.177. The van der Waals surface area contributed by atoms with Gasteiger partial charge < -0.3 is 10.1 Å². The molecule has 1 N–H and O–H groups in total. The fourth-order valence-electron chi connectivity index (χ4n) is 1.87. The molecule has 17 heavy (non-hydrogen) atoms. The van der Waals surface area contributed by atoms with Crippen molar-refractivity contribution in [2.24, 2.45) is 0 Å². The largest absolute Gasteiger partial charge is 0.418 e. The summed E-state index contributed by atoms with van der Waals surface area (Å²) in [5.41, 5.74) is 1.06. The van der Waals surface area contributed by atoms with Crippen LogP contribution >= 0.6 is 12.2 Å². The van der Waals surface area contributed by atoms with Crippen molar-refractivity contribution in [2.45, 2.75) is 25.3 Å². The molecule has 1 aromatic carbocycles. The molecule has 90 valence electrons. The standard InChI is InChI=1S/C13H15NO2S/c15-13(11-7-4-8-14-11)16-12(17)9-10-5-2-1-3-6-10/h1-3,5-6,11,14H,4,7-9H2/t11-/m0/s1. The van der Waals surface area contributed by atoms with Crippen molar-refractivity contribution in [1.29, 1.82) is 0 Å². The van der Waals surface area contributed by atoms with Gasteiger partial charge in [-0.15, -0.1) is 0 Å². The van der Waals surface area contributed by atoms with Crippen molar-refractivity contribution >= 4 is 23.2 Å². The molecule has 0 bridgehead atoms. The van der Waals surface area contributed by atoms with Crippen LogP contribution in [-0.2, 0) is 16.0 Å². The summed E-state index contributed by atoms with van der Waals surface area (Å²) < 4.78 is 5.17. The van der Waals surface area contributed by atoms with Gasteiger partial charge in [-0.3, -0.25) is 0 Å². The summed E-state index contributed by atoms with van der Waals surface area (Å²) in [6.07, 6.45) is 2.37. The van der Waals surface area contributed by atoms with Crippen LogP contribution in [0.5, 0.6) is 0 Å². The third kappa shape index (κ3) is 3.61. The first-order valence-electron chi connectivity index (χ1n) is 5.77. The van der Waals surface area contributed by atoms with Crippen LogP contribution in [0.25, 0.3) is 0 Å². The topological polar surface area (TPSA) is 38.3 Å². The fraction of sp³-hybridized carbons (Fsp3) is 0.385. The first-order valence-corrected chi connectivity index (χ1v) is 6.18. The van der Waals surface area contributed by atoms with E-state index >= 15 is 0 Å². The predicted octanol–water partition coefficient (Wildman–Crippen LogP) is 1.85. The molecule has 0 aliphatic carbocycles. The molecule has 1 heterocycles. The molecule has 0 aromatic heterocycles. The molecule has 2 rings (SSSR count). The van der Waals surface area contributed by atoms with Crippen LogP contribution in [0, 0.1) is 0 Å². The summed E-state index contributed by atoms with van der Waals surface area (Å²) in [6.45, 7) is 0.880. The molecule has 1 saturated heterocycles. The Morgan fingerprint density at radius 2 is 2.18 bits per heavy atom. The van der Waals surface area contributed by atoms with E-state index < -0.39 is 0 Å². The molecule has 0 radical (unpaired) electrons. The molecule has 0 saturated carbocycles. The number of esters is 1. The van der Waals surface area contributed by atoms with Gasteiger partial charge in [0.25, 0.3) is 0 Å². The van der Waals surface area contributed by atoms with Crippen LogP contribution in [-0.4, -0.2) is 23.6 Å². The van der Waals surface area contributed by atoms with Gasteiger partial charge in [0.05, 0.1) is 0 Å². The van der Waals surface area contributed by atoms with E-state index in [1.54, 1.807) is 0 Å². The first kappa shape index (κ1) is 12.2. The summed E-state index contributed by atoms with van der Waals surface area (Å²) in [6, 6.07) is 9.59. The highest BCUT2D eigenvalue weighted by Gasteiger charge is 2.24. The minimum Gasteiger partial charge on any atom is -0.418 e. The number of hydrogen-bond acceptors (Lipinski definition) is 4. The molecule has 0 spiro atoms. The lowest BCUT2D eigenvalue weighted by Crippen LogP contribution is -2.33. The van der Waals surface area contributed by atoms with Gasteiger partial charge in [-0.05, 0) is 37.2 Å². The van der Waals surface area contributed by atoms with Crippen molar-refractivity contribution in [1.82, 2.24) is 5.32 Å². The van der Waals surface area contributed by atoms with E-state index in [1.807, 2.05) is 30.3 Å². The van der Waals surface area contributed by atoms with E-state index in [9.17, 15) is 4.79 Å². The van der Waals surface area contributed by atoms with Crippen molar-refractivity contribution in [3.63, 3.8) is 0 Å². The fourth-order valence-corrected chi connectivity index (χ4v) is 2.12. The Morgan fingerprint density at radius 1 is 1.41 bits per heavy atom. The second-order valence-corrected chi connectivity index (χ2v) is 4.56. The third-order valence-corrected chi connectivity index (χ3v) is 2.98. The van der Waals surface area contributed by atoms with Crippen LogP contribution in [0.1, 0.15) is 18.4 Å². The maximum atomic E-state index is 11.7. The van der Waals surface area contributed by atoms with Crippen molar-refractivity contribution in [3.05, 3.63) is 35.9 Å². The average Bonchev–Trinajstić information content (AvgIpc) is 2.83. The quantitative estimate of drug-likeness (QED) is 0.655. The second-order valence-electron chi connectivity index (χ2n) is 4.10. The number of carbonyl (C=O) groups excluding carboxylic acids is 1. The number of ether oxygens (including phenoxy) is 1. The van der Waals surface area contributed by atoms with Crippen LogP contribution < -0.4 is 5.32 Å². The Kier molecular flexibility index (Phi) is 4.23. The van der Waals surface area contributed by atoms with Gasteiger partial charge in [0.15, 0.2) is 5.05 Å². The van der Waals surface area contributed by atoms with Crippen molar-refractivity contribution in [3.8, 4) is 0 Å². The number of hydrogen-bond donors (Lipinski definition) is 1. The Morgan fingerprint density at radius 3 is 2.82 bits per heavy atom. The summed E-state index contributed by atoms with van der Waals surface area (Å²) in [5, 5.41) is 3.43. The summed E-state index contributed by atoms with van der Waals surface area (Å²) in [5.74, 6) is -0.247. The summed E-state index contributed by atoms with van der Waals surface area (Å²) in [4.78, 5) is 11.7. The molecule has 1 atom stereocenters. The summed E-state index contributed by atoms with van der Waals surface area (Å²) in [7, 11) is 0. The normalized spacial score (nSPS) is 18.9. The lowest BCUT2D eigenvalue weighted by atomic mass is 10.2. The molecule has 1 fully saturated rings. The number of carbonyl (C=O) groups is 1. The lowest BCUT2D eigenvalue weighted by Gasteiger charge is -2.10. The van der Waals surface area contributed by atoms with Gasteiger partial charge in [0.2, 0.25) is 0 Å². The molecule has 1 aliphatic rings. The molecular formula is C13H15NO2S. The van der Waals surface area contributed by atoms with Gasteiger partial charge >= 0.3 is 5.97 Å². The Bertz CT molecular complexity index is 399.